The van der Waals surface area contributed by atoms with Gasteiger partial charge in [0.1, 0.15) is 0 Å². The Morgan fingerprint density at radius 3 is 1.89 bits per heavy atom. The van der Waals surface area contributed by atoms with Crippen LogP contribution < -0.4 is 0 Å². The van der Waals surface area contributed by atoms with E-state index in [1.807, 2.05) is 91.1 Å². The van der Waals surface area contributed by atoms with Gasteiger partial charge >= 0.3 is 11.9 Å². The van der Waals surface area contributed by atoms with E-state index in [-0.39, 0.29) is 11.9 Å². The standard InChI is InChI=1S/2C17H15ClN2O2/c1-22-17(21)16(9-12-5-3-2-4-6-12)20-11-13-10-14(18)7-8-15(13)19-20;1-22-17(21)16(9-12-5-3-2-4-6-12)20-15-8-7-14(18)10-13(15)11-19-20/h2*2-8,10-11,16H,9H2,1H3. The van der Waals surface area contributed by atoms with Gasteiger partial charge in [-0.05, 0) is 47.5 Å². The predicted molar refractivity (Wildman–Crippen MR) is 172 cm³/mol. The molecule has 0 saturated carbocycles. The highest BCUT2D eigenvalue weighted by atomic mass is 35.5. The summed E-state index contributed by atoms with van der Waals surface area (Å²) in [7, 11) is 2.78. The van der Waals surface area contributed by atoms with Crippen molar-refractivity contribution in [2.75, 3.05) is 14.2 Å². The number of methoxy groups -OCH3 is 2. The molecule has 10 heteroatoms. The molecule has 0 aliphatic heterocycles. The highest BCUT2D eigenvalue weighted by Crippen LogP contribution is 2.25. The summed E-state index contributed by atoms with van der Waals surface area (Å²) < 4.78 is 13.2. The third-order valence-electron chi connectivity index (χ3n) is 7.15. The molecule has 2 unspecified atom stereocenters. The van der Waals surface area contributed by atoms with Crippen LogP contribution >= 0.6 is 23.2 Å². The Hall–Kier alpha value is -4.66. The first-order valence-electron chi connectivity index (χ1n) is 13.9. The molecular formula is C34H30Cl2N4O4. The van der Waals surface area contributed by atoms with E-state index in [0.717, 1.165) is 32.9 Å². The molecular weight excluding hydrogens is 599 g/mol. The molecule has 0 N–H and O–H groups in total. The van der Waals surface area contributed by atoms with Crippen molar-refractivity contribution in [3.63, 3.8) is 0 Å². The van der Waals surface area contributed by atoms with Gasteiger partial charge in [-0.25, -0.2) is 9.59 Å². The second kappa shape index (κ2) is 14.2. The topological polar surface area (TPSA) is 88.2 Å². The molecule has 0 amide bonds. The molecule has 2 heterocycles. The minimum atomic E-state index is -0.508. The largest absolute Gasteiger partial charge is 0.467 e. The van der Waals surface area contributed by atoms with E-state index in [9.17, 15) is 9.59 Å². The lowest BCUT2D eigenvalue weighted by molar-refractivity contribution is -0.145. The number of nitrogens with zero attached hydrogens (tertiary/aromatic N) is 4. The van der Waals surface area contributed by atoms with Gasteiger partial charge in [0.05, 0.1) is 31.4 Å². The molecule has 8 nitrogen and oxygen atoms in total. The van der Waals surface area contributed by atoms with Crippen molar-refractivity contribution in [1.29, 1.82) is 0 Å². The van der Waals surface area contributed by atoms with Crippen molar-refractivity contribution in [2.45, 2.75) is 24.9 Å². The molecule has 0 radical (unpaired) electrons. The number of hydrogen-bond donors (Lipinski definition) is 0. The first-order chi connectivity index (χ1) is 21.4. The van der Waals surface area contributed by atoms with Gasteiger partial charge in [0.15, 0.2) is 12.1 Å². The van der Waals surface area contributed by atoms with Crippen molar-refractivity contribution in [3.8, 4) is 0 Å². The molecule has 0 fully saturated rings. The fourth-order valence-electron chi connectivity index (χ4n) is 4.95. The van der Waals surface area contributed by atoms with Gasteiger partial charge in [0.2, 0.25) is 0 Å². The van der Waals surface area contributed by atoms with E-state index in [0.29, 0.717) is 22.9 Å². The highest BCUT2D eigenvalue weighted by molar-refractivity contribution is 6.31. The number of benzene rings is 4. The van der Waals surface area contributed by atoms with Crippen LogP contribution in [0.4, 0.5) is 0 Å². The van der Waals surface area contributed by atoms with E-state index in [1.165, 1.54) is 14.2 Å². The van der Waals surface area contributed by atoms with Gasteiger partial charge in [0.25, 0.3) is 0 Å². The molecule has 2 aromatic heterocycles. The lowest BCUT2D eigenvalue weighted by Gasteiger charge is -2.16. The summed E-state index contributed by atoms with van der Waals surface area (Å²) in [5.74, 6) is -0.633. The molecule has 44 heavy (non-hydrogen) atoms. The van der Waals surface area contributed by atoms with Gasteiger partial charge in [-0.3, -0.25) is 9.36 Å². The van der Waals surface area contributed by atoms with Crippen LogP contribution in [0.2, 0.25) is 10.0 Å². The van der Waals surface area contributed by atoms with E-state index in [1.54, 1.807) is 27.7 Å². The second-order valence-electron chi connectivity index (χ2n) is 10.1. The number of rotatable bonds is 8. The molecule has 224 valence electrons. The smallest absolute Gasteiger partial charge is 0.331 e. The van der Waals surface area contributed by atoms with Gasteiger partial charge < -0.3 is 9.47 Å². The lowest BCUT2D eigenvalue weighted by atomic mass is 10.1. The number of hydrogen-bond acceptors (Lipinski definition) is 6. The van der Waals surface area contributed by atoms with Crippen molar-refractivity contribution in [1.82, 2.24) is 19.6 Å². The SMILES string of the molecule is COC(=O)C(Cc1ccccc1)n1cc2cc(Cl)ccc2n1.COC(=O)C(Cc1ccccc1)n1ncc2cc(Cl)ccc21. The zero-order chi connectivity index (χ0) is 31.1. The van der Waals surface area contributed by atoms with Gasteiger partial charge in [-0.1, -0.05) is 83.9 Å². The van der Waals surface area contributed by atoms with Crippen LogP contribution in [0.3, 0.4) is 0 Å². The zero-order valence-electron chi connectivity index (χ0n) is 24.1. The number of fused-ring (bicyclic) bond motifs is 2. The maximum absolute atomic E-state index is 12.2. The normalized spacial score (nSPS) is 12.3. The van der Waals surface area contributed by atoms with E-state index >= 15 is 0 Å². The first kappa shape index (κ1) is 30.8. The Kier molecular flexibility index (Phi) is 9.94. The summed E-state index contributed by atoms with van der Waals surface area (Å²) in [6.07, 6.45) is 4.58. The fraction of sp³-hybridized carbons (Fsp3) is 0.176. The number of aromatic nitrogens is 4. The molecule has 6 aromatic rings. The predicted octanol–water partition coefficient (Wildman–Crippen LogP) is 7.29. The number of ether oxygens (including phenoxy) is 2. The van der Waals surface area contributed by atoms with Crippen LogP contribution in [-0.4, -0.2) is 45.7 Å². The average molecular weight is 630 g/mol. The van der Waals surface area contributed by atoms with E-state index < -0.39 is 12.1 Å². The maximum atomic E-state index is 12.2. The third kappa shape index (κ3) is 7.27. The summed E-state index contributed by atoms with van der Waals surface area (Å²) in [6.45, 7) is 0. The second-order valence-corrected chi connectivity index (χ2v) is 10.9. The molecule has 0 bridgehead atoms. The van der Waals surface area contributed by atoms with Gasteiger partial charge in [-0.15, -0.1) is 0 Å². The maximum Gasteiger partial charge on any atom is 0.331 e. The van der Waals surface area contributed by atoms with Crippen LogP contribution in [0.25, 0.3) is 21.8 Å². The van der Waals surface area contributed by atoms with Crippen molar-refractivity contribution in [3.05, 3.63) is 131 Å². The summed E-state index contributed by atoms with van der Waals surface area (Å²) in [5, 5.41) is 11.9. The molecule has 0 spiro atoms. The van der Waals surface area contributed by atoms with Crippen molar-refractivity contribution in [2.24, 2.45) is 0 Å². The van der Waals surface area contributed by atoms with Crippen LogP contribution in [0.1, 0.15) is 23.2 Å². The quantitative estimate of drug-likeness (QED) is 0.164. The van der Waals surface area contributed by atoms with E-state index in [2.05, 4.69) is 10.2 Å². The summed E-state index contributed by atoms with van der Waals surface area (Å²) in [5.41, 5.74) is 3.76. The van der Waals surface area contributed by atoms with Crippen LogP contribution in [0, 0.1) is 0 Å². The Morgan fingerprint density at radius 1 is 0.727 bits per heavy atom. The molecule has 0 aliphatic rings. The van der Waals surface area contributed by atoms with Crippen LogP contribution in [0.5, 0.6) is 0 Å². The Bertz CT molecular complexity index is 1860. The Labute approximate surface area is 264 Å². The molecule has 6 rings (SSSR count). The Balaban J connectivity index is 0.000000175. The lowest BCUT2D eigenvalue weighted by Crippen LogP contribution is -2.24. The number of esters is 2. The average Bonchev–Trinajstić information content (AvgIpc) is 3.66. The van der Waals surface area contributed by atoms with Crippen LogP contribution in [-0.2, 0) is 31.9 Å². The minimum absolute atomic E-state index is 0.316. The van der Waals surface area contributed by atoms with E-state index in [4.69, 9.17) is 32.7 Å². The fourth-order valence-corrected chi connectivity index (χ4v) is 5.31. The third-order valence-corrected chi connectivity index (χ3v) is 7.62. The number of carbonyl (C=O) groups excluding carboxylic acids is 2. The molecule has 4 aromatic carbocycles. The Morgan fingerprint density at radius 2 is 1.27 bits per heavy atom. The summed E-state index contributed by atoms with van der Waals surface area (Å²) in [6, 6.07) is 29.5. The summed E-state index contributed by atoms with van der Waals surface area (Å²) in [4.78, 5) is 24.4. The monoisotopic (exact) mass is 628 g/mol. The van der Waals surface area contributed by atoms with Crippen molar-refractivity contribution < 1.29 is 19.1 Å². The van der Waals surface area contributed by atoms with Gasteiger partial charge in [-0.2, -0.15) is 10.2 Å². The van der Waals surface area contributed by atoms with Gasteiger partial charge in [0, 0.05) is 39.9 Å². The molecule has 0 aliphatic carbocycles. The highest BCUT2D eigenvalue weighted by Gasteiger charge is 2.25. The zero-order valence-corrected chi connectivity index (χ0v) is 25.7. The molecule has 2 atom stereocenters. The molecule has 0 saturated heterocycles. The number of halogens is 2. The van der Waals surface area contributed by atoms with Crippen molar-refractivity contribution >= 4 is 56.9 Å². The minimum Gasteiger partial charge on any atom is -0.467 e. The number of carbonyl (C=O) groups is 2. The van der Waals surface area contributed by atoms with Crippen LogP contribution in [0.15, 0.2) is 109 Å². The first-order valence-corrected chi connectivity index (χ1v) is 14.6. The summed E-state index contributed by atoms with van der Waals surface area (Å²) >= 11 is 12.0.